The van der Waals surface area contributed by atoms with Gasteiger partial charge in [-0.3, -0.25) is 10.1 Å². The van der Waals surface area contributed by atoms with Gasteiger partial charge >= 0.3 is 12.2 Å². The number of amides is 1. The average Bonchev–Trinajstić information content (AvgIpc) is 2.94. The predicted molar refractivity (Wildman–Crippen MR) is 70.0 cm³/mol. The molecular weight excluding hydrogens is 301 g/mol. The maximum absolute atomic E-state index is 13.4. The molecule has 6 nitrogen and oxygen atoms in total. The van der Waals surface area contributed by atoms with Crippen molar-refractivity contribution in [2.45, 2.75) is 31.9 Å². The number of nitrogens with one attached hydrogen (secondary N) is 2. The van der Waals surface area contributed by atoms with Crippen LogP contribution in [0, 0.1) is 23.7 Å². The number of fused-ring (bicyclic) bond motifs is 3. The van der Waals surface area contributed by atoms with Gasteiger partial charge in [-0.15, -0.1) is 5.10 Å². The van der Waals surface area contributed by atoms with Crippen LogP contribution in [0.2, 0.25) is 0 Å². The quantitative estimate of drug-likeness (QED) is 0.896. The highest BCUT2D eigenvalue weighted by atomic mass is 19.4. The zero-order chi connectivity index (χ0) is 15.9. The second-order valence-electron chi connectivity index (χ2n) is 5.93. The smallest absolute Gasteiger partial charge is 0.392 e. The molecule has 1 aromatic rings. The lowest BCUT2D eigenvalue weighted by molar-refractivity contribution is -0.227. The van der Waals surface area contributed by atoms with Gasteiger partial charge in [0.2, 0.25) is 11.9 Å². The molecular formula is C13H17F3N4O2. The van der Waals surface area contributed by atoms with Crippen LogP contribution in [0.4, 0.5) is 19.1 Å². The van der Waals surface area contributed by atoms with Crippen LogP contribution in [0.3, 0.4) is 0 Å². The number of anilines is 1. The molecule has 3 aliphatic rings. The van der Waals surface area contributed by atoms with E-state index in [1.165, 1.54) is 7.11 Å². The fraction of sp³-hybridized carbons (Fsp3) is 0.769. The van der Waals surface area contributed by atoms with E-state index in [1.54, 1.807) is 0 Å². The van der Waals surface area contributed by atoms with E-state index >= 15 is 0 Å². The Morgan fingerprint density at radius 2 is 1.91 bits per heavy atom. The fourth-order valence-corrected chi connectivity index (χ4v) is 3.89. The van der Waals surface area contributed by atoms with Gasteiger partial charge in [0.05, 0.1) is 18.9 Å². The van der Waals surface area contributed by atoms with E-state index in [9.17, 15) is 18.0 Å². The lowest BCUT2D eigenvalue weighted by Gasteiger charge is -2.48. The lowest BCUT2D eigenvalue weighted by atomic mass is 9.58. The maximum atomic E-state index is 13.4. The molecule has 3 aliphatic carbocycles. The van der Waals surface area contributed by atoms with Crippen molar-refractivity contribution >= 4 is 11.9 Å². The third kappa shape index (κ3) is 2.64. The summed E-state index contributed by atoms with van der Waals surface area (Å²) in [6.07, 6.45) is -1.90. The van der Waals surface area contributed by atoms with E-state index in [0.717, 1.165) is 0 Å². The van der Waals surface area contributed by atoms with Crippen LogP contribution in [0.5, 0.6) is 6.01 Å². The topological polar surface area (TPSA) is 79.9 Å². The first-order valence-corrected chi connectivity index (χ1v) is 7.24. The molecule has 0 aromatic carbocycles. The summed E-state index contributed by atoms with van der Waals surface area (Å²) < 4.78 is 44.9. The van der Waals surface area contributed by atoms with Gasteiger partial charge in [0.25, 0.3) is 0 Å². The minimum atomic E-state index is -4.36. The number of ether oxygens (including phenoxy) is 1. The number of aromatic amines is 1. The average molecular weight is 318 g/mol. The summed E-state index contributed by atoms with van der Waals surface area (Å²) in [6.45, 7) is 0. The molecule has 4 rings (SSSR count). The van der Waals surface area contributed by atoms with Crippen molar-refractivity contribution in [3.63, 3.8) is 0 Å². The first-order chi connectivity index (χ1) is 10.4. The molecule has 1 amide bonds. The highest BCUT2D eigenvalue weighted by Gasteiger charge is 2.58. The minimum absolute atomic E-state index is 0.00391. The van der Waals surface area contributed by atoms with Gasteiger partial charge in [-0.2, -0.15) is 18.2 Å². The second-order valence-corrected chi connectivity index (χ2v) is 5.93. The van der Waals surface area contributed by atoms with Gasteiger partial charge in [0.1, 0.15) is 0 Å². The fourth-order valence-electron chi connectivity index (χ4n) is 3.89. The van der Waals surface area contributed by atoms with Crippen LogP contribution in [0.1, 0.15) is 25.7 Å². The summed E-state index contributed by atoms with van der Waals surface area (Å²) in [5.74, 6) is -3.93. The highest BCUT2D eigenvalue weighted by molar-refractivity contribution is 5.91. The molecule has 0 saturated heterocycles. The van der Waals surface area contributed by atoms with Crippen LogP contribution in [-0.2, 0) is 4.79 Å². The first-order valence-electron chi connectivity index (χ1n) is 7.24. The molecule has 0 spiro atoms. The van der Waals surface area contributed by atoms with E-state index in [0.29, 0.717) is 25.7 Å². The van der Waals surface area contributed by atoms with Gasteiger partial charge < -0.3 is 4.74 Å². The molecule has 9 heteroatoms. The second kappa shape index (κ2) is 5.44. The molecule has 0 radical (unpaired) electrons. The Hall–Kier alpha value is -1.80. The SMILES string of the molecule is COc1n[nH]c(NC(=O)C2C3CCC(CC3)C2C(F)(F)F)n1. The summed E-state index contributed by atoms with van der Waals surface area (Å²) in [7, 11) is 1.36. The van der Waals surface area contributed by atoms with Gasteiger partial charge in [-0.25, -0.2) is 5.10 Å². The third-order valence-corrected chi connectivity index (χ3v) is 4.79. The van der Waals surface area contributed by atoms with E-state index < -0.39 is 29.8 Å². The van der Waals surface area contributed by atoms with Crippen LogP contribution in [0.25, 0.3) is 0 Å². The summed E-state index contributed by atoms with van der Waals surface area (Å²) >= 11 is 0. The van der Waals surface area contributed by atoms with Crippen molar-refractivity contribution in [1.82, 2.24) is 15.2 Å². The summed E-state index contributed by atoms with van der Waals surface area (Å²) in [6, 6.07) is 0.0211. The predicted octanol–water partition coefficient (Wildman–Crippen LogP) is 2.37. The van der Waals surface area contributed by atoms with Crippen molar-refractivity contribution in [2.75, 3.05) is 12.4 Å². The van der Waals surface area contributed by atoms with Crippen molar-refractivity contribution in [1.29, 1.82) is 0 Å². The maximum Gasteiger partial charge on any atom is 0.392 e. The zero-order valence-corrected chi connectivity index (χ0v) is 12.0. The number of aromatic nitrogens is 3. The van der Waals surface area contributed by atoms with Crippen LogP contribution in [0.15, 0.2) is 0 Å². The molecule has 3 fully saturated rings. The normalized spacial score (nSPS) is 31.1. The highest BCUT2D eigenvalue weighted by Crippen LogP contribution is 2.54. The van der Waals surface area contributed by atoms with Crippen LogP contribution < -0.4 is 10.1 Å². The van der Waals surface area contributed by atoms with Crippen LogP contribution >= 0.6 is 0 Å². The van der Waals surface area contributed by atoms with E-state index in [2.05, 4.69) is 20.5 Å². The van der Waals surface area contributed by atoms with Gasteiger partial charge in [-0.05, 0) is 37.5 Å². The molecule has 3 saturated carbocycles. The summed E-state index contributed by atoms with van der Waals surface area (Å²) in [5, 5.41) is 8.48. The Morgan fingerprint density at radius 1 is 1.27 bits per heavy atom. The summed E-state index contributed by atoms with van der Waals surface area (Å²) in [4.78, 5) is 16.2. The number of hydrogen-bond acceptors (Lipinski definition) is 4. The Bertz CT molecular complexity index is 552. The Morgan fingerprint density at radius 3 is 2.45 bits per heavy atom. The number of carbonyl (C=O) groups excluding carboxylic acids is 1. The van der Waals surface area contributed by atoms with E-state index in [1.807, 2.05) is 0 Å². The number of hydrogen-bond donors (Lipinski definition) is 2. The lowest BCUT2D eigenvalue weighted by Crippen LogP contribution is -2.51. The molecule has 1 aromatic heterocycles. The molecule has 2 atom stereocenters. The van der Waals surface area contributed by atoms with Crippen molar-refractivity contribution < 1.29 is 22.7 Å². The Balaban J connectivity index is 1.79. The van der Waals surface area contributed by atoms with Gasteiger partial charge in [0.15, 0.2) is 0 Å². The zero-order valence-electron chi connectivity index (χ0n) is 12.0. The molecule has 2 bridgehead atoms. The third-order valence-electron chi connectivity index (χ3n) is 4.79. The standard InChI is InChI=1S/C13H17F3N4O2/c1-22-12-18-11(19-20-12)17-10(21)8-6-2-4-7(5-3-6)9(8)13(14,15)16/h6-9H,2-5H2,1H3,(H2,17,18,19,20,21). The Labute approximate surface area is 124 Å². The van der Waals surface area contributed by atoms with E-state index in [-0.39, 0.29) is 17.9 Å². The van der Waals surface area contributed by atoms with Crippen molar-refractivity contribution in [2.24, 2.45) is 23.7 Å². The van der Waals surface area contributed by atoms with Gasteiger partial charge in [-0.1, -0.05) is 0 Å². The van der Waals surface area contributed by atoms with Gasteiger partial charge in [0, 0.05) is 0 Å². The number of halogens is 3. The van der Waals surface area contributed by atoms with E-state index in [4.69, 9.17) is 4.74 Å². The van der Waals surface area contributed by atoms with Crippen LogP contribution in [-0.4, -0.2) is 34.4 Å². The number of methoxy groups -OCH3 is 1. The summed E-state index contributed by atoms with van der Waals surface area (Å²) in [5.41, 5.74) is 0. The van der Waals surface area contributed by atoms with Crippen molar-refractivity contribution in [3.8, 4) is 6.01 Å². The number of H-pyrrole nitrogens is 1. The largest absolute Gasteiger partial charge is 0.466 e. The molecule has 1 heterocycles. The molecule has 22 heavy (non-hydrogen) atoms. The number of alkyl halides is 3. The van der Waals surface area contributed by atoms with Crippen molar-refractivity contribution in [3.05, 3.63) is 0 Å². The molecule has 122 valence electrons. The number of nitrogens with zero attached hydrogens (tertiary/aromatic N) is 2. The molecule has 2 N–H and O–H groups in total. The Kier molecular flexibility index (Phi) is 3.73. The first kappa shape index (κ1) is 15.1. The molecule has 0 aliphatic heterocycles. The number of carbonyl (C=O) groups is 1. The minimum Gasteiger partial charge on any atom is -0.466 e. The monoisotopic (exact) mass is 318 g/mol. The number of rotatable bonds is 3. The molecule has 2 unspecified atom stereocenters.